The molecule has 0 bridgehead atoms. The number of hydrogen-bond acceptors (Lipinski definition) is 3. The highest BCUT2D eigenvalue weighted by atomic mass is 15.2. The van der Waals surface area contributed by atoms with E-state index >= 15 is 0 Å². The number of hydrogen-bond donors (Lipinski definition) is 0. The van der Waals surface area contributed by atoms with Gasteiger partial charge in [0.2, 0.25) is 0 Å². The molecule has 11 rings (SSSR count). The molecule has 9 aromatic rings. The van der Waals surface area contributed by atoms with Gasteiger partial charge in [0.05, 0.1) is 17.1 Å². The average molecular weight is 1130 g/mol. The molecule has 0 atom stereocenters. The molecule has 0 amide bonds. The van der Waals surface area contributed by atoms with Gasteiger partial charge in [-0.3, -0.25) is 0 Å². The highest BCUT2D eigenvalue weighted by molar-refractivity contribution is 7.00. The first-order valence-electron chi connectivity index (χ1n) is 31.6. The Kier molecular flexibility index (Phi) is 14.8. The fourth-order valence-corrected chi connectivity index (χ4v) is 13.3. The van der Waals surface area contributed by atoms with E-state index in [1.807, 2.05) is 0 Å². The molecule has 9 aromatic carbocycles. The topological polar surface area (TPSA) is 9.72 Å². The van der Waals surface area contributed by atoms with E-state index < -0.39 is 0 Å². The van der Waals surface area contributed by atoms with Gasteiger partial charge in [-0.05, 0) is 203 Å². The summed E-state index contributed by atoms with van der Waals surface area (Å²) in [6.45, 7) is 51.2. The summed E-state index contributed by atoms with van der Waals surface area (Å²) in [5.74, 6) is 0. The van der Waals surface area contributed by atoms with Crippen molar-refractivity contribution in [1.82, 2.24) is 0 Å². The van der Waals surface area contributed by atoms with Gasteiger partial charge in [-0.25, -0.2) is 0 Å². The minimum absolute atomic E-state index is 0.0429. The first-order chi connectivity index (χ1) is 40.1. The zero-order valence-electron chi connectivity index (χ0n) is 56.1. The lowest BCUT2D eigenvalue weighted by Gasteiger charge is -2.46. The van der Waals surface area contributed by atoms with Crippen LogP contribution in [0.2, 0.25) is 0 Å². The Morgan fingerprint density at radius 1 is 0.279 bits per heavy atom. The third-order valence-electron chi connectivity index (χ3n) is 18.6. The SMILES string of the molecule is Cc1cccc(C)c1N1c2ccc(-c3ccc(C(C)(C)C)cc3)cc2B2c3cc(-c4ccc(C(C)(C)C)cc4)ccc3N(c3c(C)cccc3C)c3cc(N(c4cc(C(C)(C)C)cc(C(C)(C)C)c4)c4cc(C(C)(C)C)cc(C(C)(C)C)c4)cc1c32. The van der Waals surface area contributed by atoms with Crippen molar-refractivity contribution in [2.45, 2.75) is 185 Å². The van der Waals surface area contributed by atoms with E-state index in [9.17, 15) is 0 Å². The Morgan fingerprint density at radius 3 is 0.849 bits per heavy atom. The van der Waals surface area contributed by atoms with E-state index in [1.54, 1.807) is 0 Å². The van der Waals surface area contributed by atoms with Gasteiger partial charge in [0.25, 0.3) is 6.71 Å². The molecule has 2 heterocycles. The maximum atomic E-state index is 2.66. The predicted octanol–water partition coefficient (Wildman–Crippen LogP) is 21.6. The molecule has 0 radical (unpaired) electrons. The molecule has 440 valence electrons. The third kappa shape index (κ3) is 11.0. The molecule has 0 aliphatic carbocycles. The predicted molar refractivity (Wildman–Crippen MR) is 377 cm³/mol. The summed E-state index contributed by atoms with van der Waals surface area (Å²) in [6.07, 6.45) is 0. The van der Waals surface area contributed by atoms with Crippen molar-refractivity contribution in [3.63, 3.8) is 0 Å². The Hall–Kier alpha value is -7.56. The first kappa shape index (κ1) is 60.1. The molecule has 0 fully saturated rings. The maximum absolute atomic E-state index is 2.66. The largest absolute Gasteiger partial charge is 0.311 e. The Bertz CT molecular complexity index is 3730. The summed E-state index contributed by atoms with van der Waals surface area (Å²) < 4.78 is 0. The van der Waals surface area contributed by atoms with Crippen LogP contribution >= 0.6 is 0 Å². The van der Waals surface area contributed by atoms with E-state index in [0.717, 1.165) is 17.1 Å². The van der Waals surface area contributed by atoms with Crippen LogP contribution in [0.15, 0.2) is 170 Å². The van der Waals surface area contributed by atoms with Crippen LogP contribution in [0, 0.1) is 27.7 Å². The van der Waals surface area contributed by atoms with Crippen LogP contribution in [0.25, 0.3) is 22.3 Å². The second-order valence-corrected chi connectivity index (χ2v) is 31.6. The van der Waals surface area contributed by atoms with Gasteiger partial charge < -0.3 is 14.7 Å². The summed E-state index contributed by atoms with van der Waals surface area (Å²) in [5, 5.41) is 0. The van der Waals surface area contributed by atoms with E-state index in [-0.39, 0.29) is 39.2 Å². The van der Waals surface area contributed by atoms with Gasteiger partial charge in [0, 0.05) is 34.1 Å². The van der Waals surface area contributed by atoms with Crippen LogP contribution in [-0.4, -0.2) is 6.71 Å². The fraction of sp³-hybridized carbons (Fsp3) is 0.341. The van der Waals surface area contributed by atoms with E-state index in [4.69, 9.17) is 0 Å². The molecule has 2 aliphatic rings. The Balaban J connectivity index is 1.32. The lowest BCUT2D eigenvalue weighted by atomic mass is 9.33. The summed E-state index contributed by atoms with van der Waals surface area (Å²) in [7, 11) is 0. The van der Waals surface area contributed by atoms with Crippen molar-refractivity contribution >= 4 is 74.3 Å². The molecular weight excluding hydrogens is 1040 g/mol. The van der Waals surface area contributed by atoms with Gasteiger partial charge >= 0.3 is 0 Å². The van der Waals surface area contributed by atoms with Crippen LogP contribution in [0.4, 0.5) is 51.2 Å². The van der Waals surface area contributed by atoms with Crippen molar-refractivity contribution in [1.29, 1.82) is 0 Å². The van der Waals surface area contributed by atoms with Crippen LogP contribution in [-0.2, 0) is 32.5 Å². The van der Waals surface area contributed by atoms with Crippen LogP contribution in [0.1, 0.15) is 180 Å². The highest BCUT2D eigenvalue weighted by Gasteiger charge is 2.45. The van der Waals surface area contributed by atoms with E-state index in [2.05, 4.69) is 337 Å². The van der Waals surface area contributed by atoms with Crippen molar-refractivity contribution in [3.05, 3.63) is 225 Å². The molecule has 86 heavy (non-hydrogen) atoms. The van der Waals surface area contributed by atoms with Gasteiger partial charge in [0.1, 0.15) is 0 Å². The van der Waals surface area contributed by atoms with E-state index in [0.29, 0.717) is 0 Å². The molecule has 0 saturated carbocycles. The number of benzene rings is 9. The van der Waals surface area contributed by atoms with Crippen molar-refractivity contribution in [2.24, 2.45) is 0 Å². The third-order valence-corrected chi connectivity index (χ3v) is 18.6. The molecule has 3 nitrogen and oxygen atoms in total. The summed E-state index contributed by atoms with van der Waals surface area (Å²) in [4.78, 5) is 7.95. The number of para-hydroxylation sites is 2. The van der Waals surface area contributed by atoms with Crippen molar-refractivity contribution in [2.75, 3.05) is 14.7 Å². The summed E-state index contributed by atoms with van der Waals surface area (Å²) >= 11 is 0. The van der Waals surface area contributed by atoms with Gasteiger partial charge in [-0.15, -0.1) is 0 Å². The average Bonchev–Trinajstić information content (AvgIpc) is 0.715. The van der Waals surface area contributed by atoms with Gasteiger partial charge in [-0.1, -0.05) is 246 Å². The summed E-state index contributed by atoms with van der Waals surface area (Å²) in [6, 6.07) is 67.1. The van der Waals surface area contributed by atoms with Gasteiger partial charge in [0.15, 0.2) is 0 Å². The molecule has 4 heteroatoms. The second kappa shape index (κ2) is 21.1. The number of nitrogens with zero attached hydrogens (tertiary/aromatic N) is 3. The molecule has 0 spiro atoms. The fourth-order valence-electron chi connectivity index (χ4n) is 13.3. The minimum Gasteiger partial charge on any atom is -0.311 e. The molecule has 0 N–H and O–H groups in total. The number of aryl methyl sites for hydroxylation is 4. The molecule has 0 unspecified atom stereocenters. The first-order valence-corrected chi connectivity index (χ1v) is 31.6. The summed E-state index contributed by atoms with van der Waals surface area (Å²) in [5.41, 5.74) is 31.9. The smallest absolute Gasteiger partial charge is 0.252 e. The monoisotopic (exact) mass is 1130 g/mol. The number of fused-ring (bicyclic) bond motifs is 4. The lowest BCUT2D eigenvalue weighted by Crippen LogP contribution is -2.61. The quantitative estimate of drug-likeness (QED) is 0.147. The molecular formula is C82H94BN3. The van der Waals surface area contributed by atoms with Gasteiger partial charge in [-0.2, -0.15) is 0 Å². The van der Waals surface area contributed by atoms with Crippen molar-refractivity contribution < 1.29 is 0 Å². The number of rotatable bonds is 7. The highest BCUT2D eigenvalue weighted by Crippen LogP contribution is 2.52. The van der Waals surface area contributed by atoms with Crippen LogP contribution < -0.4 is 31.1 Å². The zero-order chi connectivity index (χ0) is 62.1. The van der Waals surface area contributed by atoms with Crippen LogP contribution in [0.3, 0.4) is 0 Å². The maximum Gasteiger partial charge on any atom is 0.252 e. The molecule has 0 saturated heterocycles. The minimum atomic E-state index is -0.135. The Labute approximate surface area is 518 Å². The van der Waals surface area contributed by atoms with E-state index in [1.165, 1.54) is 128 Å². The number of anilines is 9. The molecule has 2 aliphatic heterocycles. The van der Waals surface area contributed by atoms with Crippen LogP contribution in [0.5, 0.6) is 0 Å². The second-order valence-electron chi connectivity index (χ2n) is 31.6. The zero-order valence-corrected chi connectivity index (χ0v) is 56.1. The molecule has 0 aromatic heterocycles. The van der Waals surface area contributed by atoms with Crippen molar-refractivity contribution in [3.8, 4) is 22.3 Å². The standard InChI is InChI=1S/C82H94BN3/c1-51-25-23-26-52(2)75(51)85-70-39-33-57(55-29-35-59(36-30-55)77(5,6)7)41-68(70)83-69-42-58(56-31-37-60(38-32-56)78(8,9)10)34-40-71(69)86(76-53(3)27-24-28-54(76)4)73-50-67(49-72(85)74(73)83)84(65-45-61(79(11,12)13)43-62(46-65)80(14,15)16)66-47-63(81(17,18)19)44-64(48-66)82(20,21)22/h23-50H,1-22H3. The lowest BCUT2D eigenvalue weighted by molar-refractivity contribution is 0.568. The Morgan fingerprint density at radius 2 is 0.558 bits per heavy atom. The normalized spacial score (nSPS) is 13.6.